The average molecular weight is 249 g/mol. The summed E-state index contributed by atoms with van der Waals surface area (Å²) in [6.07, 6.45) is 3.82. The van der Waals surface area contributed by atoms with E-state index >= 15 is 0 Å². The van der Waals surface area contributed by atoms with E-state index in [4.69, 9.17) is 0 Å². The highest BCUT2D eigenvalue weighted by Gasteiger charge is 2.32. The molecule has 0 aromatic carbocycles. The lowest BCUT2D eigenvalue weighted by Crippen LogP contribution is -2.60. The van der Waals surface area contributed by atoms with Crippen molar-refractivity contribution in [2.45, 2.75) is 12.6 Å². The van der Waals surface area contributed by atoms with Gasteiger partial charge in [0.05, 0.1) is 0 Å². The Bertz CT molecular complexity index is 345. The van der Waals surface area contributed by atoms with Crippen molar-refractivity contribution < 1.29 is 0 Å². The van der Waals surface area contributed by atoms with Crippen molar-refractivity contribution >= 4 is 11.8 Å². The van der Waals surface area contributed by atoms with Crippen LogP contribution in [-0.4, -0.2) is 58.5 Å². The molecule has 17 heavy (non-hydrogen) atoms. The summed E-state index contributed by atoms with van der Waals surface area (Å²) >= 11 is 2.09. The molecule has 0 radical (unpaired) electrons. The molecule has 0 unspecified atom stereocenters. The standard InChI is InChI=1S/C13H19N3S/c1-2-12(8-14-3-1)9-15-10-13(11-15)16-4-6-17-7-5-16/h1-3,8,13H,4-7,9-11H2. The Hall–Kier alpha value is -0.580. The molecule has 0 saturated carbocycles. The molecule has 92 valence electrons. The molecule has 0 amide bonds. The third-order valence-electron chi connectivity index (χ3n) is 3.63. The van der Waals surface area contributed by atoms with E-state index in [1.54, 1.807) is 0 Å². The molecule has 2 saturated heterocycles. The fourth-order valence-corrected chi connectivity index (χ4v) is 3.53. The van der Waals surface area contributed by atoms with Crippen LogP contribution in [0.5, 0.6) is 0 Å². The molecule has 0 atom stereocenters. The van der Waals surface area contributed by atoms with Crippen molar-refractivity contribution in [2.24, 2.45) is 0 Å². The second-order valence-corrected chi connectivity index (χ2v) is 6.08. The minimum absolute atomic E-state index is 0.813. The fourth-order valence-electron chi connectivity index (χ4n) is 2.60. The molecule has 2 aliphatic rings. The molecule has 2 fully saturated rings. The first-order valence-electron chi connectivity index (χ1n) is 6.35. The number of hydrogen-bond donors (Lipinski definition) is 0. The normalized spacial score (nSPS) is 23.5. The van der Waals surface area contributed by atoms with Crippen LogP contribution < -0.4 is 0 Å². The highest BCUT2D eigenvalue weighted by Crippen LogP contribution is 2.20. The maximum atomic E-state index is 4.17. The van der Waals surface area contributed by atoms with E-state index in [1.807, 2.05) is 18.5 Å². The molecule has 0 N–H and O–H groups in total. The Balaban J connectivity index is 1.45. The van der Waals surface area contributed by atoms with Crippen LogP contribution in [0, 0.1) is 0 Å². The molecule has 0 spiro atoms. The lowest BCUT2D eigenvalue weighted by atomic mass is 10.1. The van der Waals surface area contributed by atoms with E-state index in [0.29, 0.717) is 0 Å². The summed E-state index contributed by atoms with van der Waals surface area (Å²) in [7, 11) is 0. The Labute approximate surface area is 107 Å². The van der Waals surface area contributed by atoms with Gasteiger partial charge in [-0.2, -0.15) is 11.8 Å². The SMILES string of the molecule is c1cncc(CN2CC(N3CCSCC3)C2)c1. The van der Waals surface area contributed by atoms with E-state index in [2.05, 4.69) is 32.6 Å². The Morgan fingerprint density at radius 3 is 2.82 bits per heavy atom. The van der Waals surface area contributed by atoms with Gasteiger partial charge in [0.15, 0.2) is 0 Å². The van der Waals surface area contributed by atoms with E-state index in [-0.39, 0.29) is 0 Å². The summed E-state index contributed by atoms with van der Waals surface area (Å²) in [5, 5.41) is 0. The molecule has 2 aliphatic heterocycles. The predicted molar refractivity (Wildman–Crippen MR) is 72.2 cm³/mol. The topological polar surface area (TPSA) is 19.4 Å². The minimum atomic E-state index is 0.813. The summed E-state index contributed by atoms with van der Waals surface area (Å²) < 4.78 is 0. The first kappa shape index (κ1) is 11.5. The van der Waals surface area contributed by atoms with Gasteiger partial charge in [-0.05, 0) is 11.6 Å². The van der Waals surface area contributed by atoms with Crippen LogP contribution in [0.1, 0.15) is 5.56 Å². The van der Waals surface area contributed by atoms with Crippen molar-refractivity contribution in [1.82, 2.24) is 14.8 Å². The maximum absolute atomic E-state index is 4.17. The first-order valence-corrected chi connectivity index (χ1v) is 7.50. The first-order chi connectivity index (χ1) is 8.42. The smallest absolute Gasteiger partial charge is 0.0351 e. The van der Waals surface area contributed by atoms with Crippen LogP contribution in [-0.2, 0) is 6.54 Å². The second-order valence-electron chi connectivity index (χ2n) is 4.86. The third-order valence-corrected chi connectivity index (χ3v) is 4.57. The van der Waals surface area contributed by atoms with Crippen LogP contribution in [0.2, 0.25) is 0 Å². The van der Waals surface area contributed by atoms with Crippen LogP contribution in [0.3, 0.4) is 0 Å². The van der Waals surface area contributed by atoms with Crippen molar-refractivity contribution in [2.75, 3.05) is 37.7 Å². The highest BCUT2D eigenvalue weighted by atomic mass is 32.2. The van der Waals surface area contributed by atoms with Gasteiger partial charge in [-0.15, -0.1) is 0 Å². The minimum Gasteiger partial charge on any atom is -0.296 e. The lowest BCUT2D eigenvalue weighted by Gasteiger charge is -2.46. The van der Waals surface area contributed by atoms with Crippen LogP contribution in [0.15, 0.2) is 24.5 Å². The Kier molecular flexibility index (Phi) is 3.64. The number of rotatable bonds is 3. The van der Waals surface area contributed by atoms with Crippen molar-refractivity contribution in [3.63, 3.8) is 0 Å². The van der Waals surface area contributed by atoms with Gasteiger partial charge in [-0.25, -0.2) is 0 Å². The van der Waals surface area contributed by atoms with E-state index in [1.165, 1.54) is 43.2 Å². The number of aromatic nitrogens is 1. The summed E-state index contributed by atoms with van der Waals surface area (Å²) in [5.74, 6) is 2.64. The number of thioether (sulfide) groups is 1. The van der Waals surface area contributed by atoms with Gasteiger partial charge in [-0.1, -0.05) is 6.07 Å². The molecule has 1 aromatic heterocycles. The molecule has 0 bridgehead atoms. The Morgan fingerprint density at radius 1 is 1.29 bits per heavy atom. The van der Waals surface area contributed by atoms with Crippen LogP contribution in [0.25, 0.3) is 0 Å². The molecule has 4 heteroatoms. The van der Waals surface area contributed by atoms with Crippen LogP contribution in [0.4, 0.5) is 0 Å². The van der Waals surface area contributed by atoms with Gasteiger partial charge in [0.25, 0.3) is 0 Å². The number of pyridine rings is 1. The Morgan fingerprint density at radius 2 is 2.12 bits per heavy atom. The zero-order chi connectivity index (χ0) is 11.5. The van der Waals surface area contributed by atoms with Gasteiger partial charge in [0, 0.05) is 62.7 Å². The zero-order valence-electron chi connectivity index (χ0n) is 10.1. The van der Waals surface area contributed by atoms with Gasteiger partial charge in [0.2, 0.25) is 0 Å². The van der Waals surface area contributed by atoms with Gasteiger partial charge in [-0.3, -0.25) is 14.8 Å². The van der Waals surface area contributed by atoms with Gasteiger partial charge in [0.1, 0.15) is 0 Å². The maximum Gasteiger partial charge on any atom is 0.0351 e. The highest BCUT2D eigenvalue weighted by molar-refractivity contribution is 7.99. The largest absolute Gasteiger partial charge is 0.296 e. The molecule has 3 nitrogen and oxygen atoms in total. The molecule has 0 aliphatic carbocycles. The summed E-state index contributed by atoms with van der Waals surface area (Å²) in [5.41, 5.74) is 1.33. The monoisotopic (exact) mass is 249 g/mol. The van der Waals surface area contributed by atoms with E-state index in [0.717, 1.165) is 12.6 Å². The molecular weight excluding hydrogens is 230 g/mol. The quantitative estimate of drug-likeness (QED) is 0.804. The van der Waals surface area contributed by atoms with Crippen molar-refractivity contribution in [3.8, 4) is 0 Å². The van der Waals surface area contributed by atoms with Crippen molar-refractivity contribution in [1.29, 1.82) is 0 Å². The summed E-state index contributed by atoms with van der Waals surface area (Å²) in [6, 6.07) is 5.00. The molecular formula is C13H19N3S. The van der Waals surface area contributed by atoms with E-state index < -0.39 is 0 Å². The number of nitrogens with zero attached hydrogens (tertiary/aromatic N) is 3. The van der Waals surface area contributed by atoms with Crippen LogP contribution >= 0.6 is 11.8 Å². The van der Waals surface area contributed by atoms with Crippen molar-refractivity contribution in [3.05, 3.63) is 30.1 Å². The zero-order valence-corrected chi connectivity index (χ0v) is 10.9. The number of likely N-dealkylation sites (tertiary alicyclic amines) is 1. The van der Waals surface area contributed by atoms with E-state index in [9.17, 15) is 0 Å². The predicted octanol–water partition coefficient (Wildman–Crippen LogP) is 1.31. The average Bonchev–Trinajstić information content (AvgIpc) is 2.36. The summed E-state index contributed by atoms with van der Waals surface area (Å²) in [4.78, 5) is 9.35. The second kappa shape index (κ2) is 5.38. The third kappa shape index (κ3) is 2.81. The molecule has 3 heterocycles. The molecule has 3 rings (SSSR count). The molecule has 1 aromatic rings. The van der Waals surface area contributed by atoms with Gasteiger partial charge < -0.3 is 0 Å². The fraction of sp³-hybridized carbons (Fsp3) is 0.615. The number of hydrogen-bond acceptors (Lipinski definition) is 4. The lowest BCUT2D eigenvalue weighted by molar-refractivity contribution is 0.0342. The van der Waals surface area contributed by atoms with Gasteiger partial charge >= 0.3 is 0 Å². The summed E-state index contributed by atoms with van der Waals surface area (Å²) in [6.45, 7) is 6.11.